The number of aromatic nitrogens is 2. The molecule has 0 spiro atoms. The number of ketones is 1. The van der Waals surface area contributed by atoms with Crippen molar-refractivity contribution in [3.05, 3.63) is 60.4 Å². The second-order valence-corrected chi connectivity index (χ2v) is 5.83. The fraction of sp³-hybridized carbons (Fsp3) is 0.150. The van der Waals surface area contributed by atoms with Crippen LogP contribution in [0.3, 0.4) is 0 Å². The molecule has 0 aliphatic heterocycles. The Morgan fingerprint density at radius 1 is 1.04 bits per heavy atom. The Balaban J connectivity index is 1.79. The number of carbonyl (C=O) groups excluding carboxylic acids is 1. The molecule has 0 aliphatic rings. The van der Waals surface area contributed by atoms with E-state index in [9.17, 15) is 4.79 Å². The number of nitrogens with zero attached hydrogens (tertiary/aromatic N) is 2. The SMILES string of the molecule is CCOc1ccc(Nc2ncnc(Nc3cccc(C(C)=O)c3)c2N)cc1. The van der Waals surface area contributed by atoms with E-state index in [2.05, 4.69) is 20.6 Å². The van der Waals surface area contributed by atoms with Crippen molar-refractivity contribution in [3.8, 4) is 5.75 Å². The van der Waals surface area contributed by atoms with Gasteiger partial charge in [0.15, 0.2) is 17.4 Å². The Bertz CT molecular complexity index is 941. The van der Waals surface area contributed by atoms with Crippen LogP contribution in [0.2, 0.25) is 0 Å². The van der Waals surface area contributed by atoms with Gasteiger partial charge in [-0.1, -0.05) is 12.1 Å². The normalized spacial score (nSPS) is 10.3. The first-order valence-corrected chi connectivity index (χ1v) is 8.55. The van der Waals surface area contributed by atoms with Gasteiger partial charge in [0.1, 0.15) is 17.8 Å². The first-order valence-electron chi connectivity index (χ1n) is 8.55. The molecule has 4 N–H and O–H groups in total. The van der Waals surface area contributed by atoms with E-state index in [1.165, 1.54) is 13.3 Å². The van der Waals surface area contributed by atoms with Crippen LogP contribution in [0.5, 0.6) is 5.75 Å². The number of Topliss-reactive ketones (excluding diaryl/α,β-unsaturated/α-hetero) is 1. The molecule has 1 heterocycles. The van der Waals surface area contributed by atoms with Crippen LogP contribution in [0.4, 0.5) is 28.7 Å². The third-order valence-corrected chi connectivity index (χ3v) is 3.84. The van der Waals surface area contributed by atoms with Crippen molar-refractivity contribution in [2.75, 3.05) is 23.0 Å². The zero-order valence-electron chi connectivity index (χ0n) is 15.2. The van der Waals surface area contributed by atoms with Crippen molar-refractivity contribution in [1.29, 1.82) is 0 Å². The van der Waals surface area contributed by atoms with Gasteiger partial charge in [0.2, 0.25) is 0 Å². The van der Waals surface area contributed by atoms with Crippen molar-refractivity contribution in [2.24, 2.45) is 0 Å². The number of benzene rings is 2. The molecular weight excluding hydrogens is 342 g/mol. The minimum atomic E-state index is -0.00725. The minimum Gasteiger partial charge on any atom is -0.494 e. The molecule has 3 rings (SSSR count). The van der Waals surface area contributed by atoms with Crippen LogP contribution in [-0.4, -0.2) is 22.4 Å². The number of ether oxygens (including phenoxy) is 1. The Hall–Kier alpha value is -3.61. The molecule has 0 atom stereocenters. The third kappa shape index (κ3) is 4.52. The third-order valence-electron chi connectivity index (χ3n) is 3.84. The fourth-order valence-corrected chi connectivity index (χ4v) is 2.49. The molecule has 0 saturated carbocycles. The van der Waals surface area contributed by atoms with E-state index < -0.39 is 0 Å². The number of nitrogens with one attached hydrogen (secondary N) is 2. The number of hydrogen-bond donors (Lipinski definition) is 3. The molecule has 0 bridgehead atoms. The average molecular weight is 363 g/mol. The van der Waals surface area contributed by atoms with Crippen LogP contribution in [0.15, 0.2) is 54.9 Å². The highest BCUT2D eigenvalue weighted by Crippen LogP contribution is 2.29. The molecule has 3 aromatic rings. The highest BCUT2D eigenvalue weighted by Gasteiger charge is 2.10. The molecule has 7 heteroatoms. The quantitative estimate of drug-likeness (QED) is 0.542. The van der Waals surface area contributed by atoms with Crippen LogP contribution in [0.25, 0.3) is 0 Å². The lowest BCUT2D eigenvalue weighted by Crippen LogP contribution is -2.05. The van der Waals surface area contributed by atoms with E-state index in [0.717, 1.165) is 17.1 Å². The van der Waals surface area contributed by atoms with Crippen molar-refractivity contribution in [2.45, 2.75) is 13.8 Å². The van der Waals surface area contributed by atoms with E-state index in [4.69, 9.17) is 10.5 Å². The molecule has 0 aliphatic carbocycles. The van der Waals surface area contributed by atoms with Crippen LogP contribution < -0.4 is 21.1 Å². The number of rotatable bonds is 7. The van der Waals surface area contributed by atoms with Gasteiger partial charge in [-0.2, -0.15) is 0 Å². The first-order chi connectivity index (χ1) is 13.1. The lowest BCUT2D eigenvalue weighted by molar-refractivity contribution is 0.101. The number of anilines is 5. The van der Waals surface area contributed by atoms with Gasteiger partial charge in [-0.25, -0.2) is 9.97 Å². The molecule has 7 nitrogen and oxygen atoms in total. The summed E-state index contributed by atoms with van der Waals surface area (Å²) in [7, 11) is 0. The Morgan fingerprint density at radius 2 is 1.70 bits per heavy atom. The fourth-order valence-electron chi connectivity index (χ4n) is 2.49. The summed E-state index contributed by atoms with van der Waals surface area (Å²) in [6.07, 6.45) is 1.42. The van der Waals surface area contributed by atoms with Crippen molar-refractivity contribution < 1.29 is 9.53 Å². The summed E-state index contributed by atoms with van der Waals surface area (Å²) in [4.78, 5) is 19.9. The van der Waals surface area contributed by atoms with E-state index in [1.54, 1.807) is 18.2 Å². The standard InChI is InChI=1S/C20H21N5O2/c1-3-27-17-9-7-15(8-10-17)24-19-18(21)20(23-12-22-19)25-16-6-4-5-14(11-16)13(2)26/h4-12H,3,21H2,1-2H3,(H2,22,23,24,25). The Labute approximate surface area is 157 Å². The summed E-state index contributed by atoms with van der Waals surface area (Å²) in [6, 6.07) is 14.7. The summed E-state index contributed by atoms with van der Waals surface area (Å²) in [5, 5.41) is 6.30. The lowest BCUT2D eigenvalue weighted by Gasteiger charge is -2.13. The monoisotopic (exact) mass is 363 g/mol. The van der Waals surface area contributed by atoms with Crippen molar-refractivity contribution in [1.82, 2.24) is 9.97 Å². The lowest BCUT2D eigenvalue weighted by atomic mass is 10.1. The van der Waals surface area contributed by atoms with Gasteiger partial charge in [0.05, 0.1) is 6.61 Å². The summed E-state index contributed by atoms with van der Waals surface area (Å²) in [5.74, 6) is 1.73. The number of nitrogens with two attached hydrogens (primary N) is 1. The molecule has 1 aromatic heterocycles. The summed E-state index contributed by atoms with van der Waals surface area (Å²) >= 11 is 0. The maximum absolute atomic E-state index is 11.5. The van der Waals surface area contributed by atoms with Gasteiger partial charge in [-0.3, -0.25) is 4.79 Å². The van der Waals surface area contributed by atoms with Crippen LogP contribution in [0, 0.1) is 0 Å². The Morgan fingerprint density at radius 3 is 2.33 bits per heavy atom. The molecule has 27 heavy (non-hydrogen) atoms. The smallest absolute Gasteiger partial charge is 0.159 e. The molecule has 0 saturated heterocycles. The molecule has 2 aromatic carbocycles. The molecular formula is C20H21N5O2. The largest absolute Gasteiger partial charge is 0.494 e. The second kappa shape index (κ2) is 8.18. The summed E-state index contributed by atoms with van der Waals surface area (Å²) < 4.78 is 5.43. The molecule has 0 unspecified atom stereocenters. The summed E-state index contributed by atoms with van der Waals surface area (Å²) in [5.41, 5.74) is 8.75. The van der Waals surface area contributed by atoms with E-state index >= 15 is 0 Å². The molecule has 0 fully saturated rings. The van der Waals surface area contributed by atoms with E-state index in [0.29, 0.717) is 29.5 Å². The maximum atomic E-state index is 11.5. The van der Waals surface area contributed by atoms with Gasteiger partial charge >= 0.3 is 0 Å². The average Bonchev–Trinajstić information content (AvgIpc) is 2.67. The van der Waals surface area contributed by atoms with E-state index in [1.807, 2.05) is 37.3 Å². The van der Waals surface area contributed by atoms with Crippen molar-refractivity contribution >= 4 is 34.5 Å². The molecule has 0 radical (unpaired) electrons. The zero-order chi connectivity index (χ0) is 19.2. The van der Waals surface area contributed by atoms with Gasteiger partial charge in [-0.05, 0) is 50.2 Å². The first kappa shape index (κ1) is 18.2. The minimum absolute atomic E-state index is 0.00725. The van der Waals surface area contributed by atoms with E-state index in [-0.39, 0.29) is 5.78 Å². The predicted octanol–water partition coefficient (Wildman–Crippen LogP) is 4.15. The zero-order valence-corrected chi connectivity index (χ0v) is 15.2. The molecule has 0 amide bonds. The Kier molecular flexibility index (Phi) is 5.51. The molecule has 138 valence electrons. The van der Waals surface area contributed by atoms with Gasteiger partial charge in [-0.15, -0.1) is 0 Å². The van der Waals surface area contributed by atoms with Crippen LogP contribution >= 0.6 is 0 Å². The highest BCUT2D eigenvalue weighted by molar-refractivity contribution is 5.95. The van der Waals surface area contributed by atoms with Crippen LogP contribution in [0.1, 0.15) is 24.2 Å². The van der Waals surface area contributed by atoms with Gasteiger partial charge in [0, 0.05) is 16.9 Å². The highest BCUT2D eigenvalue weighted by atomic mass is 16.5. The van der Waals surface area contributed by atoms with Crippen molar-refractivity contribution in [3.63, 3.8) is 0 Å². The topological polar surface area (TPSA) is 102 Å². The number of hydrogen-bond acceptors (Lipinski definition) is 7. The predicted molar refractivity (Wildman–Crippen MR) is 107 cm³/mol. The number of carbonyl (C=O) groups is 1. The second-order valence-electron chi connectivity index (χ2n) is 5.83. The van der Waals surface area contributed by atoms with Crippen LogP contribution in [-0.2, 0) is 0 Å². The maximum Gasteiger partial charge on any atom is 0.159 e. The summed E-state index contributed by atoms with van der Waals surface area (Å²) in [6.45, 7) is 4.08. The number of nitrogen functional groups attached to an aromatic ring is 1. The van der Waals surface area contributed by atoms with Gasteiger partial charge in [0.25, 0.3) is 0 Å². The van der Waals surface area contributed by atoms with Gasteiger partial charge < -0.3 is 21.1 Å².